The van der Waals surface area contributed by atoms with Crippen molar-refractivity contribution in [1.82, 2.24) is 16.4 Å². The zero-order valence-electron chi connectivity index (χ0n) is 4.59. The lowest BCUT2D eigenvalue weighted by atomic mass is 10.3. The lowest BCUT2D eigenvalue weighted by molar-refractivity contribution is 0.459. The summed E-state index contributed by atoms with van der Waals surface area (Å²) >= 11 is 0. The van der Waals surface area contributed by atoms with Crippen molar-refractivity contribution >= 4 is 12.4 Å². The van der Waals surface area contributed by atoms with Crippen LogP contribution in [0.25, 0.3) is 0 Å². The molecule has 0 aromatic heterocycles. The minimum Gasteiger partial charge on any atom is -0.316 e. The summed E-state index contributed by atoms with van der Waals surface area (Å²) in [5.74, 6) is 0. The average Bonchev–Trinajstić information content (AvgIpc) is 1.90. The summed E-state index contributed by atoms with van der Waals surface area (Å²) in [6.45, 7) is 0. The van der Waals surface area contributed by atoms with E-state index in [9.17, 15) is 0 Å². The number of nitriles is 1. The molecule has 0 amide bonds. The highest BCUT2D eigenvalue weighted by molar-refractivity contribution is 5.85. The molecule has 0 saturated carbocycles. The zero-order chi connectivity index (χ0) is 5.82. The molecule has 0 fully saturated rings. The first-order valence-corrected chi connectivity index (χ1v) is 2.26. The molecule has 0 bridgehead atoms. The minimum absolute atomic E-state index is 0. The third kappa shape index (κ3) is 2.33. The third-order valence-corrected chi connectivity index (χ3v) is 0.811. The Morgan fingerprint density at radius 3 is 2.67 bits per heavy atom. The monoisotopic (exact) mass is 146 g/mol. The molecule has 1 unspecified atom stereocenters. The van der Waals surface area contributed by atoms with E-state index in [1.165, 1.54) is 0 Å². The van der Waals surface area contributed by atoms with Gasteiger partial charge < -0.3 is 5.43 Å². The van der Waals surface area contributed by atoms with E-state index < -0.39 is 0 Å². The van der Waals surface area contributed by atoms with Crippen LogP contribution in [0.5, 0.6) is 0 Å². The van der Waals surface area contributed by atoms with Crippen LogP contribution >= 0.6 is 12.4 Å². The Morgan fingerprint density at radius 2 is 2.33 bits per heavy atom. The largest absolute Gasteiger partial charge is 0.316 e. The van der Waals surface area contributed by atoms with Crippen LogP contribution in [0.15, 0.2) is 12.3 Å². The van der Waals surface area contributed by atoms with Crippen LogP contribution in [-0.4, -0.2) is 6.04 Å². The van der Waals surface area contributed by atoms with Gasteiger partial charge in [-0.1, -0.05) is 0 Å². The molecule has 50 valence electrons. The Morgan fingerprint density at radius 1 is 1.56 bits per heavy atom. The summed E-state index contributed by atoms with van der Waals surface area (Å²) in [4.78, 5) is 0. The molecule has 0 saturated heterocycles. The van der Waals surface area contributed by atoms with Crippen molar-refractivity contribution in [3.63, 3.8) is 0 Å². The van der Waals surface area contributed by atoms with Crippen molar-refractivity contribution in [2.24, 2.45) is 0 Å². The van der Waals surface area contributed by atoms with Gasteiger partial charge in [-0.2, -0.15) is 10.8 Å². The summed E-state index contributed by atoms with van der Waals surface area (Å²) in [5, 5.41) is 8.26. The molecular weight excluding hydrogens is 140 g/mol. The molecule has 5 heteroatoms. The molecule has 1 heterocycles. The Labute approximate surface area is 59.3 Å². The average molecular weight is 147 g/mol. The van der Waals surface area contributed by atoms with Gasteiger partial charge in [0.2, 0.25) is 0 Å². The number of hydrazine groups is 2. The van der Waals surface area contributed by atoms with E-state index in [1.54, 1.807) is 12.3 Å². The zero-order valence-corrected chi connectivity index (χ0v) is 5.40. The third-order valence-electron chi connectivity index (χ3n) is 0.811. The normalized spacial score (nSPS) is 23.2. The topological polar surface area (TPSA) is 59.9 Å². The maximum atomic E-state index is 8.26. The fraction of sp³-hybridized carbons (Fsp3) is 0.250. The van der Waals surface area contributed by atoms with Gasteiger partial charge in [-0.05, 0) is 6.08 Å². The molecule has 1 atom stereocenters. The fourth-order valence-electron chi connectivity index (χ4n) is 0.429. The van der Waals surface area contributed by atoms with Crippen molar-refractivity contribution in [3.8, 4) is 6.07 Å². The Bertz CT molecular complexity index is 138. The Balaban J connectivity index is 0.000000640. The number of halogens is 1. The maximum absolute atomic E-state index is 8.26. The van der Waals surface area contributed by atoms with Gasteiger partial charge in [-0.25, -0.2) is 5.43 Å². The molecule has 1 rings (SSSR count). The molecule has 1 aliphatic heterocycles. The predicted molar refractivity (Wildman–Crippen MR) is 35.2 cm³/mol. The summed E-state index contributed by atoms with van der Waals surface area (Å²) in [7, 11) is 0. The van der Waals surface area contributed by atoms with Crippen LogP contribution < -0.4 is 16.4 Å². The summed E-state index contributed by atoms with van der Waals surface area (Å²) in [6, 6.07) is 1.79. The van der Waals surface area contributed by atoms with Gasteiger partial charge in [0.15, 0.2) is 0 Å². The number of rotatable bonds is 0. The van der Waals surface area contributed by atoms with Gasteiger partial charge in [-0.3, -0.25) is 0 Å². The smallest absolute Gasteiger partial charge is 0.129 e. The van der Waals surface area contributed by atoms with E-state index in [0.717, 1.165) is 0 Å². The van der Waals surface area contributed by atoms with E-state index >= 15 is 0 Å². The summed E-state index contributed by atoms with van der Waals surface area (Å²) in [6.07, 6.45) is 3.39. The molecule has 3 N–H and O–H groups in total. The van der Waals surface area contributed by atoms with Gasteiger partial charge in [0.25, 0.3) is 0 Å². The standard InChI is InChI=1S/C4H6N4.ClH/c5-3-4-1-2-6-8-7-4;/h1-2,4,6-8H;1H. The van der Waals surface area contributed by atoms with Crippen LogP contribution in [-0.2, 0) is 0 Å². The Hall–Kier alpha value is -0.760. The highest BCUT2D eigenvalue weighted by atomic mass is 35.5. The molecule has 0 spiro atoms. The molecule has 1 aliphatic rings. The van der Waals surface area contributed by atoms with Crippen LogP contribution in [0.1, 0.15) is 0 Å². The highest BCUT2D eigenvalue weighted by Gasteiger charge is 2.01. The predicted octanol–water partition coefficient (Wildman–Crippen LogP) is -0.574. The van der Waals surface area contributed by atoms with E-state index in [1.807, 2.05) is 6.07 Å². The molecule has 9 heavy (non-hydrogen) atoms. The molecular formula is C4H7ClN4. The van der Waals surface area contributed by atoms with Gasteiger partial charge in [-0.15, -0.1) is 12.4 Å². The van der Waals surface area contributed by atoms with Gasteiger partial charge in [0.1, 0.15) is 6.04 Å². The van der Waals surface area contributed by atoms with Crippen LogP contribution in [0.3, 0.4) is 0 Å². The first-order chi connectivity index (χ1) is 3.93. The minimum atomic E-state index is -0.212. The van der Waals surface area contributed by atoms with E-state index in [4.69, 9.17) is 5.26 Å². The maximum Gasteiger partial charge on any atom is 0.129 e. The second-order valence-corrected chi connectivity index (χ2v) is 1.38. The molecule has 0 radical (unpaired) electrons. The van der Waals surface area contributed by atoms with E-state index in [-0.39, 0.29) is 18.4 Å². The van der Waals surface area contributed by atoms with Gasteiger partial charge in [0.05, 0.1) is 6.07 Å². The first kappa shape index (κ1) is 8.24. The van der Waals surface area contributed by atoms with Crippen molar-refractivity contribution in [3.05, 3.63) is 12.3 Å². The van der Waals surface area contributed by atoms with Gasteiger partial charge in [0, 0.05) is 6.20 Å². The number of nitrogens with zero attached hydrogens (tertiary/aromatic N) is 1. The van der Waals surface area contributed by atoms with Crippen molar-refractivity contribution in [2.75, 3.05) is 0 Å². The second-order valence-electron chi connectivity index (χ2n) is 1.38. The van der Waals surface area contributed by atoms with E-state index in [0.29, 0.717) is 0 Å². The number of nitrogens with one attached hydrogen (secondary N) is 3. The fourth-order valence-corrected chi connectivity index (χ4v) is 0.429. The lowest BCUT2D eigenvalue weighted by Gasteiger charge is -2.12. The number of hydrogen-bond acceptors (Lipinski definition) is 4. The second kappa shape index (κ2) is 4.15. The molecule has 0 aromatic carbocycles. The highest BCUT2D eigenvalue weighted by Crippen LogP contribution is 1.82. The summed E-state index contributed by atoms with van der Waals surface area (Å²) < 4.78 is 0. The van der Waals surface area contributed by atoms with Crippen LogP contribution in [0.4, 0.5) is 0 Å². The van der Waals surface area contributed by atoms with Crippen molar-refractivity contribution < 1.29 is 0 Å². The SMILES string of the molecule is Cl.N#CC1C=CNNN1. The quantitative estimate of drug-likeness (QED) is 0.428. The molecule has 0 aromatic rings. The van der Waals surface area contributed by atoms with Gasteiger partial charge >= 0.3 is 0 Å². The Kier molecular flexibility index (Phi) is 3.80. The van der Waals surface area contributed by atoms with E-state index in [2.05, 4.69) is 16.4 Å². The lowest BCUT2D eigenvalue weighted by Crippen LogP contribution is -2.48. The van der Waals surface area contributed by atoms with Crippen molar-refractivity contribution in [1.29, 1.82) is 5.26 Å². The van der Waals surface area contributed by atoms with Crippen molar-refractivity contribution in [2.45, 2.75) is 6.04 Å². The summed E-state index contributed by atoms with van der Waals surface area (Å²) in [5.41, 5.74) is 7.89. The first-order valence-electron chi connectivity index (χ1n) is 2.26. The van der Waals surface area contributed by atoms with Crippen LogP contribution in [0.2, 0.25) is 0 Å². The number of hydrogen-bond donors (Lipinski definition) is 3. The molecule has 4 nitrogen and oxygen atoms in total. The molecule has 0 aliphatic carbocycles. The van der Waals surface area contributed by atoms with Crippen LogP contribution in [0, 0.1) is 11.3 Å².